The van der Waals surface area contributed by atoms with Gasteiger partial charge in [-0.15, -0.1) is 0 Å². The molecule has 0 radical (unpaired) electrons. The molecule has 0 aromatic heterocycles. The molecule has 0 aliphatic heterocycles. The first-order valence-electron chi connectivity index (χ1n) is 5.78. The number of carboxylic acid groups (broad SMARTS) is 1. The van der Waals surface area contributed by atoms with E-state index in [9.17, 15) is 75.0 Å². The van der Waals surface area contributed by atoms with Gasteiger partial charge in [0.15, 0.2) is 5.83 Å². The Hall–Kier alpha value is -1.91. The first-order chi connectivity index (χ1) is 11.8. The van der Waals surface area contributed by atoms with Crippen molar-refractivity contribution < 1.29 is 80.1 Å². The second kappa shape index (κ2) is 6.57. The summed E-state index contributed by atoms with van der Waals surface area (Å²) in [6.45, 7) is 0. The Morgan fingerprint density at radius 3 is 1.18 bits per heavy atom. The number of hydrogen-bond acceptors (Lipinski definition) is 1. The fourth-order valence-corrected chi connectivity index (χ4v) is 1.32. The molecule has 0 bridgehead atoms. The second-order valence-corrected chi connectivity index (χ2v) is 4.77. The van der Waals surface area contributed by atoms with Gasteiger partial charge in [-0.25, -0.2) is 9.18 Å². The Morgan fingerprint density at radius 2 is 0.893 bits per heavy atom. The molecule has 0 atom stereocenters. The van der Waals surface area contributed by atoms with Crippen LogP contribution in [-0.4, -0.2) is 52.8 Å². The van der Waals surface area contributed by atoms with Crippen LogP contribution in [-0.2, 0) is 4.79 Å². The predicted molar refractivity (Wildman–Crippen MR) is 52.6 cm³/mol. The Bertz CT molecular complexity index is 642. The molecule has 0 aromatic carbocycles. The summed E-state index contributed by atoms with van der Waals surface area (Å²) in [6, 6.07) is 0. The summed E-state index contributed by atoms with van der Waals surface area (Å²) in [7, 11) is 0. The van der Waals surface area contributed by atoms with Crippen LogP contribution in [0.15, 0.2) is 11.9 Å². The lowest BCUT2D eigenvalue weighted by Crippen LogP contribution is -2.72. The van der Waals surface area contributed by atoms with Crippen molar-refractivity contribution in [2.45, 2.75) is 41.7 Å². The molecular weight excluding hydrogens is 458 g/mol. The number of aliphatic carboxylic acids is 1. The van der Waals surface area contributed by atoms with Crippen LogP contribution >= 0.6 is 0 Å². The van der Waals surface area contributed by atoms with E-state index in [0.717, 1.165) is 0 Å². The molecule has 166 valence electrons. The van der Waals surface area contributed by atoms with Crippen LogP contribution in [0, 0.1) is 0 Å². The maximum atomic E-state index is 13.1. The Kier molecular flexibility index (Phi) is 6.12. The molecule has 0 saturated carbocycles. The second-order valence-electron chi connectivity index (χ2n) is 4.77. The zero-order valence-electron chi connectivity index (χ0n) is 12.0. The smallest absolute Gasteiger partial charge is 0.460 e. The van der Waals surface area contributed by atoms with Crippen LogP contribution in [0.2, 0.25) is 0 Å². The van der Waals surface area contributed by atoms with Gasteiger partial charge in [-0.2, -0.15) is 65.9 Å². The zero-order chi connectivity index (χ0) is 23.4. The minimum Gasteiger partial charge on any atom is -0.478 e. The third-order valence-corrected chi connectivity index (χ3v) is 2.88. The number of alkyl halides is 15. The highest BCUT2D eigenvalue weighted by Gasteiger charge is 2.93. The van der Waals surface area contributed by atoms with Gasteiger partial charge in [-0.05, 0) is 0 Å². The lowest BCUT2D eigenvalue weighted by atomic mass is 9.93. The maximum Gasteiger partial charge on any atom is 0.460 e. The van der Waals surface area contributed by atoms with E-state index in [-0.39, 0.29) is 0 Å². The van der Waals surface area contributed by atoms with Gasteiger partial charge in [0.25, 0.3) is 0 Å². The average molecular weight is 460 g/mol. The van der Waals surface area contributed by atoms with E-state index in [4.69, 9.17) is 5.11 Å². The van der Waals surface area contributed by atoms with E-state index in [1.807, 2.05) is 0 Å². The normalized spacial score (nSPS) is 16.4. The average Bonchev–Trinajstić information content (AvgIpc) is 2.43. The first-order valence-corrected chi connectivity index (χ1v) is 5.78. The van der Waals surface area contributed by atoms with Crippen LogP contribution in [0.3, 0.4) is 0 Å². The number of rotatable bonds is 7. The molecule has 0 aliphatic carbocycles. The van der Waals surface area contributed by atoms with E-state index in [0.29, 0.717) is 0 Å². The van der Waals surface area contributed by atoms with E-state index >= 15 is 0 Å². The topological polar surface area (TPSA) is 37.3 Å². The lowest BCUT2D eigenvalue weighted by molar-refractivity contribution is -0.450. The molecule has 0 saturated heterocycles. The molecule has 0 fully saturated rings. The monoisotopic (exact) mass is 460 g/mol. The fourth-order valence-electron chi connectivity index (χ4n) is 1.32. The maximum absolute atomic E-state index is 13.1. The Balaban J connectivity index is 6.67. The van der Waals surface area contributed by atoms with Crippen molar-refractivity contribution >= 4 is 5.97 Å². The van der Waals surface area contributed by atoms with Crippen LogP contribution in [0.25, 0.3) is 0 Å². The third kappa shape index (κ3) is 3.33. The molecule has 0 spiro atoms. The first kappa shape index (κ1) is 26.1. The van der Waals surface area contributed by atoms with Gasteiger partial charge in [0.2, 0.25) is 0 Å². The molecule has 0 amide bonds. The van der Waals surface area contributed by atoms with Crippen LogP contribution in [0.5, 0.6) is 0 Å². The molecule has 0 unspecified atom stereocenters. The van der Waals surface area contributed by atoms with Crippen LogP contribution in [0.4, 0.5) is 70.2 Å². The van der Waals surface area contributed by atoms with E-state index < -0.39 is 59.6 Å². The fraction of sp³-hybridized carbons (Fsp3) is 0.700. The van der Waals surface area contributed by atoms with Gasteiger partial charge in [0, 0.05) is 0 Å². The number of hydrogen-bond donors (Lipinski definition) is 1. The van der Waals surface area contributed by atoms with Gasteiger partial charge in [-0.1, -0.05) is 0 Å². The summed E-state index contributed by atoms with van der Waals surface area (Å²) in [6.07, 6.45) is -9.35. The van der Waals surface area contributed by atoms with E-state index in [2.05, 4.69) is 0 Å². The number of halogens is 16. The summed E-state index contributed by atoms with van der Waals surface area (Å²) in [5, 5.41) is 7.83. The van der Waals surface area contributed by atoms with E-state index in [1.165, 1.54) is 0 Å². The quantitative estimate of drug-likeness (QED) is 0.414. The highest BCUT2D eigenvalue weighted by Crippen LogP contribution is 2.63. The number of carboxylic acids is 1. The summed E-state index contributed by atoms with van der Waals surface area (Å²) >= 11 is 0. The van der Waals surface area contributed by atoms with Crippen molar-refractivity contribution in [2.24, 2.45) is 0 Å². The summed E-state index contributed by atoms with van der Waals surface area (Å²) < 4.78 is 203. The minimum atomic E-state index is -8.56. The molecule has 0 aliphatic rings. The van der Waals surface area contributed by atoms with Gasteiger partial charge < -0.3 is 5.11 Å². The molecule has 0 aromatic rings. The van der Waals surface area contributed by atoms with Gasteiger partial charge in [-0.3, -0.25) is 0 Å². The van der Waals surface area contributed by atoms with Crippen LogP contribution in [0.1, 0.15) is 0 Å². The van der Waals surface area contributed by atoms with Crippen molar-refractivity contribution in [3.63, 3.8) is 0 Å². The van der Waals surface area contributed by atoms with Gasteiger partial charge in [0.1, 0.15) is 0 Å². The van der Waals surface area contributed by atoms with Crippen LogP contribution < -0.4 is 0 Å². The summed E-state index contributed by atoms with van der Waals surface area (Å²) in [5.41, 5.74) is 0. The molecular formula is C10H2F16O2. The van der Waals surface area contributed by atoms with Crippen molar-refractivity contribution in [1.29, 1.82) is 0 Å². The molecule has 0 heterocycles. The molecule has 2 nitrogen and oxygen atoms in total. The Morgan fingerprint density at radius 1 is 0.607 bits per heavy atom. The highest BCUT2D eigenvalue weighted by atomic mass is 19.4. The molecule has 0 rings (SSSR count). The molecule has 18 heteroatoms. The van der Waals surface area contributed by atoms with Crippen molar-refractivity contribution in [3.05, 3.63) is 11.9 Å². The standard InChI is InChI=1S/C10H2F16O2/c11-2(1-3(27)28)4(12,13)5(14,15)6(16,17)7(18,19)8(20,21)9(22,23)10(24,25)26/h1H,(H,27,28)/b2-1-/i2+2. The number of allylic oxidation sites excluding steroid dienone is 1. The lowest BCUT2D eigenvalue weighted by Gasteiger charge is -2.41. The van der Waals surface area contributed by atoms with Crippen molar-refractivity contribution in [3.8, 4) is 0 Å². The summed E-state index contributed by atoms with van der Waals surface area (Å²) in [4.78, 5) is 9.86. The van der Waals surface area contributed by atoms with Crippen molar-refractivity contribution in [1.82, 2.24) is 0 Å². The zero-order valence-corrected chi connectivity index (χ0v) is 12.0. The highest BCUT2D eigenvalue weighted by molar-refractivity contribution is 5.80. The SMILES string of the molecule is O=C(O)/C=[14C](\F)C(F)(F)C(F)(F)C(F)(F)C(F)(F)C(F)(F)C(F)(F)C(F)(F)F. The number of carbonyl (C=O) groups is 1. The molecule has 1 N–H and O–H groups in total. The van der Waals surface area contributed by atoms with Crippen molar-refractivity contribution in [2.75, 3.05) is 0 Å². The summed E-state index contributed by atoms with van der Waals surface area (Å²) in [5.74, 6) is -56.1. The Labute approximate surface area is 141 Å². The third-order valence-electron chi connectivity index (χ3n) is 2.88. The van der Waals surface area contributed by atoms with E-state index in [1.54, 1.807) is 0 Å². The largest absolute Gasteiger partial charge is 0.478 e. The van der Waals surface area contributed by atoms with Gasteiger partial charge >= 0.3 is 47.7 Å². The van der Waals surface area contributed by atoms with Gasteiger partial charge in [0.05, 0.1) is 6.08 Å². The minimum absolute atomic E-state index is 1.61. The predicted octanol–water partition coefficient (Wildman–Crippen LogP) is 5.30. The molecule has 28 heavy (non-hydrogen) atoms.